The molecule has 0 saturated heterocycles. The number of nitrogens with zero attached hydrogens (tertiary/aromatic N) is 2. The van der Waals surface area contributed by atoms with E-state index in [0.29, 0.717) is 24.9 Å². The van der Waals surface area contributed by atoms with Crippen LogP contribution in [0.2, 0.25) is 0 Å². The molecule has 6 nitrogen and oxygen atoms in total. The van der Waals surface area contributed by atoms with Crippen molar-refractivity contribution < 1.29 is 14.3 Å². The van der Waals surface area contributed by atoms with Gasteiger partial charge in [0.15, 0.2) is 0 Å². The molecule has 0 aliphatic heterocycles. The van der Waals surface area contributed by atoms with E-state index in [-0.39, 0.29) is 6.42 Å². The SMILES string of the molecule is O=C(O)CCNCc1nnc(-c2ccccc2)o1. The van der Waals surface area contributed by atoms with Crippen LogP contribution in [0.25, 0.3) is 11.5 Å². The summed E-state index contributed by atoms with van der Waals surface area (Å²) in [5.74, 6) is 0.0721. The number of nitrogens with one attached hydrogen (secondary N) is 1. The molecule has 0 radical (unpaired) electrons. The van der Waals surface area contributed by atoms with Crippen LogP contribution in [0.5, 0.6) is 0 Å². The largest absolute Gasteiger partial charge is 0.481 e. The van der Waals surface area contributed by atoms with Crippen molar-refractivity contribution in [2.45, 2.75) is 13.0 Å². The van der Waals surface area contributed by atoms with Gasteiger partial charge in [0.1, 0.15) is 0 Å². The number of carbonyl (C=O) groups is 1. The predicted octanol–water partition coefficient (Wildman–Crippen LogP) is 1.30. The summed E-state index contributed by atoms with van der Waals surface area (Å²) < 4.78 is 5.44. The van der Waals surface area contributed by atoms with E-state index >= 15 is 0 Å². The first-order chi connectivity index (χ1) is 8.75. The monoisotopic (exact) mass is 247 g/mol. The molecule has 2 N–H and O–H groups in total. The molecule has 1 aromatic carbocycles. The minimum absolute atomic E-state index is 0.0691. The van der Waals surface area contributed by atoms with Gasteiger partial charge in [0, 0.05) is 12.1 Å². The Morgan fingerprint density at radius 1 is 1.28 bits per heavy atom. The Balaban J connectivity index is 1.89. The first kappa shape index (κ1) is 12.3. The van der Waals surface area contributed by atoms with Gasteiger partial charge in [-0.3, -0.25) is 4.79 Å². The Hall–Kier alpha value is -2.21. The molecule has 94 valence electrons. The zero-order valence-corrected chi connectivity index (χ0v) is 9.67. The number of benzene rings is 1. The molecule has 1 heterocycles. The maximum atomic E-state index is 10.3. The molecule has 0 aliphatic rings. The van der Waals surface area contributed by atoms with Gasteiger partial charge in [-0.25, -0.2) is 0 Å². The minimum atomic E-state index is -0.835. The highest BCUT2D eigenvalue weighted by Crippen LogP contribution is 2.16. The molecule has 0 saturated carbocycles. The Morgan fingerprint density at radius 3 is 2.78 bits per heavy atom. The summed E-state index contributed by atoms with van der Waals surface area (Å²) in [5.41, 5.74) is 0.863. The fraction of sp³-hybridized carbons (Fsp3) is 0.250. The molecule has 1 aromatic heterocycles. The zero-order chi connectivity index (χ0) is 12.8. The van der Waals surface area contributed by atoms with Crippen LogP contribution in [0, 0.1) is 0 Å². The van der Waals surface area contributed by atoms with Crippen LogP contribution in [0.3, 0.4) is 0 Å². The molecule has 0 spiro atoms. The van der Waals surface area contributed by atoms with Crippen molar-refractivity contribution in [1.29, 1.82) is 0 Å². The summed E-state index contributed by atoms with van der Waals surface area (Å²) in [5, 5.41) is 19.2. The molecule has 6 heteroatoms. The predicted molar refractivity (Wildman–Crippen MR) is 63.7 cm³/mol. The summed E-state index contributed by atoms with van der Waals surface area (Å²) >= 11 is 0. The zero-order valence-electron chi connectivity index (χ0n) is 9.67. The van der Waals surface area contributed by atoms with E-state index in [0.717, 1.165) is 5.56 Å². The van der Waals surface area contributed by atoms with Crippen LogP contribution in [0.15, 0.2) is 34.7 Å². The van der Waals surface area contributed by atoms with Crippen LogP contribution < -0.4 is 5.32 Å². The number of aromatic nitrogens is 2. The molecule has 0 fully saturated rings. The average Bonchev–Trinajstić information content (AvgIpc) is 2.84. The Kier molecular flexibility index (Phi) is 4.03. The van der Waals surface area contributed by atoms with Crippen molar-refractivity contribution in [3.8, 4) is 11.5 Å². The molecule has 0 aliphatic carbocycles. The second-order valence-electron chi connectivity index (χ2n) is 3.69. The first-order valence-corrected chi connectivity index (χ1v) is 5.56. The van der Waals surface area contributed by atoms with E-state index in [2.05, 4.69) is 15.5 Å². The van der Waals surface area contributed by atoms with Crippen molar-refractivity contribution in [3.05, 3.63) is 36.2 Å². The lowest BCUT2D eigenvalue weighted by Gasteiger charge is -1.97. The van der Waals surface area contributed by atoms with Crippen LogP contribution >= 0.6 is 0 Å². The fourth-order valence-electron chi connectivity index (χ4n) is 1.41. The lowest BCUT2D eigenvalue weighted by atomic mass is 10.2. The number of hydrogen-bond donors (Lipinski definition) is 2. The Labute approximate surface area is 104 Å². The summed E-state index contributed by atoms with van der Waals surface area (Å²) in [6.07, 6.45) is 0.0691. The fourth-order valence-corrected chi connectivity index (χ4v) is 1.41. The summed E-state index contributed by atoms with van der Waals surface area (Å²) in [7, 11) is 0. The molecule has 2 rings (SSSR count). The van der Waals surface area contributed by atoms with E-state index in [4.69, 9.17) is 9.52 Å². The van der Waals surface area contributed by atoms with Gasteiger partial charge in [-0.1, -0.05) is 18.2 Å². The van der Waals surface area contributed by atoms with Crippen LogP contribution in [-0.4, -0.2) is 27.8 Å². The number of aliphatic carboxylic acids is 1. The third-order valence-corrected chi connectivity index (χ3v) is 2.28. The molecule has 18 heavy (non-hydrogen) atoms. The molecule has 0 bridgehead atoms. The molecule has 0 amide bonds. The van der Waals surface area contributed by atoms with Gasteiger partial charge in [0.25, 0.3) is 0 Å². The highest BCUT2D eigenvalue weighted by Gasteiger charge is 2.07. The third kappa shape index (κ3) is 3.39. The second-order valence-corrected chi connectivity index (χ2v) is 3.69. The number of rotatable bonds is 6. The third-order valence-electron chi connectivity index (χ3n) is 2.28. The number of carboxylic acids is 1. The van der Waals surface area contributed by atoms with Crippen molar-refractivity contribution in [2.24, 2.45) is 0 Å². The van der Waals surface area contributed by atoms with E-state index in [9.17, 15) is 4.79 Å². The quantitative estimate of drug-likeness (QED) is 0.748. The van der Waals surface area contributed by atoms with E-state index in [1.165, 1.54) is 0 Å². The second kappa shape index (κ2) is 5.92. The molecular weight excluding hydrogens is 234 g/mol. The van der Waals surface area contributed by atoms with Crippen molar-refractivity contribution in [1.82, 2.24) is 15.5 Å². The van der Waals surface area contributed by atoms with Gasteiger partial charge >= 0.3 is 5.97 Å². The maximum Gasteiger partial charge on any atom is 0.304 e. The normalized spacial score (nSPS) is 10.4. The smallest absolute Gasteiger partial charge is 0.304 e. The number of carboxylic acid groups (broad SMARTS) is 1. The highest BCUT2D eigenvalue weighted by atomic mass is 16.4. The van der Waals surface area contributed by atoms with E-state index in [1.54, 1.807) is 0 Å². The maximum absolute atomic E-state index is 10.3. The van der Waals surface area contributed by atoms with Gasteiger partial charge in [-0.05, 0) is 12.1 Å². The van der Waals surface area contributed by atoms with Crippen LogP contribution in [0.1, 0.15) is 12.3 Å². The van der Waals surface area contributed by atoms with Crippen molar-refractivity contribution in [2.75, 3.05) is 6.54 Å². The van der Waals surface area contributed by atoms with Crippen molar-refractivity contribution >= 4 is 5.97 Å². The topological polar surface area (TPSA) is 88.2 Å². The Bertz CT molecular complexity index is 510. The van der Waals surface area contributed by atoms with Gasteiger partial charge in [-0.15, -0.1) is 10.2 Å². The van der Waals surface area contributed by atoms with Crippen LogP contribution in [-0.2, 0) is 11.3 Å². The standard InChI is InChI=1S/C12H13N3O3/c16-11(17)6-7-13-8-10-14-15-12(18-10)9-4-2-1-3-5-9/h1-5,13H,6-8H2,(H,16,17). The lowest BCUT2D eigenvalue weighted by Crippen LogP contribution is -2.17. The summed E-state index contributed by atoms with van der Waals surface area (Å²) in [4.78, 5) is 10.3. The average molecular weight is 247 g/mol. The Morgan fingerprint density at radius 2 is 2.06 bits per heavy atom. The van der Waals surface area contributed by atoms with E-state index < -0.39 is 5.97 Å². The van der Waals surface area contributed by atoms with Gasteiger partial charge in [0.2, 0.25) is 11.8 Å². The summed E-state index contributed by atoms with van der Waals surface area (Å²) in [6.45, 7) is 0.742. The molecule has 2 aromatic rings. The van der Waals surface area contributed by atoms with Crippen LogP contribution in [0.4, 0.5) is 0 Å². The highest BCUT2D eigenvalue weighted by molar-refractivity contribution is 5.66. The molecule has 0 unspecified atom stereocenters. The minimum Gasteiger partial charge on any atom is -0.481 e. The summed E-state index contributed by atoms with van der Waals surface area (Å²) in [6, 6.07) is 9.47. The molecular formula is C12H13N3O3. The van der Waals surface area contributed by atoms with Gasteiger partial charge < -0.3 is 14.8 Å². The van der Waals surface area contributed by atoms with Gasteiger partial charge in [-0.2, -0.15) is 0 Å². The first-order valence-electron chi connectivity index (χ1n) is 5.56. The lowest BCUT2D eigenvalue weighted by molar-refractivity contribution is -0.136. The molecule has 0 atom stereocenters. The van der Waals surface area contributed by atoms with Crippen molar-refractivity contribution in [3.63, 3.8) is 0 Å². The van der Waals surface area contributed by atoms with Gasteiger partial charge in [0.05, 0.1) is 13.0 Å². The van der Waals surface area contributed by atoms with E-state index in [1.807, 2.05) is 30.3 Å². The number of hydrogen-bond acceptors (Lipinski definition) is 5.